The molecule has 0 fully saturated rings. The molecule has 2 N–H and O–H groups in total. The molecule has 0 amide bonds. The summed E-state index contributed by atoms with van der Waals surface area (Å²) in [7, 11) is 2.04. The average molecular weight is 226 g/mol. The molecule has 2 rings (SSSR count). The van der Waals surface area contributed by atoms with Gasteiger partial charge in [0.2, 0.25) is 0 Å². The van der Waals surface area contributed by atoms with Crippen molar-refractivity contribution in [3.05, 3.63) is 53.6 Å². The second-order valence-electron chi connectivity index (χ2n) is 4.46. The molecule has 0 saturated carbocycles. The number of nitrogens with zero attached hydrogens (tertiary/aromatic N) is 1. The number of hydrogen-bond donors (Lipinski definition) is 1. The molecule has 0 aliphatic rings. The number of hydrogen-bond acceptors (Lipinski definition) is 2. The lowest BCUT2D eigenvalue weighted by Crippen LogP contribution is -2.11. The summed E-state index contributed by atoms with van der Waals surface area (Å²) in [5, 5.41) is 0. The zero-order valence-electron chi connectivity index (χ0n) is 10.6. The van der Waals surface area contributed by atoms with Crippen LogP contribution in [-0.4, -0.2) is 7.05 Å². The average Bonchev–Trinajstić information content (AvgIpc) is 2.27. The molecule has 2 aromatic rings. The van der Waals surface area contributed by atoms with Crippen molar-refractivity contribution in [2.75, 3.05) is 17.7 Å². The molecule has 0 unspecified atom stereocenters. The largest absolute Gasteiger partial charge is 0.397 e. The van der Waals surface area contributed by atoms with E-state index in [-0.39, 0.29) is 0 Å². The SMILES string of the molecule is Cc1cc(C)cc(N(C)c2ccccc2N)c1. The number of benzene rings is 2. The maximum Gasteiger partial charge on any atom is 0.0641 e. The minimum atomic E-state index is 0.800. The Morgan fingerprint density at radius 3 is 2.12 bits per heavy atom. The van der Waals surface area contributed by atoms with Crippen molar-refractivity contribution in [3.8, 4) is 0 Å². The van der Waals surface area contributed by atoms with E-state index >= 15 is 0 Å². The lowest BCUT2D eigenvalue weighted by Gasteiger charge is -2.22. The van der Waals surface area contributed by atoms with Crippen molar-refractivity contribution >= 4 is 17.1 Å². The quantitative estimate of drug-likeness (QED) is 0.792. The van der Waals surface area contributed by atoms with E-state index in [1.54, 1.807) is 0 Å². The molecule has 0 heterocycles. The maximum absolute atomic E-state index is 5.99. The van der Waals surface area contributed by atoms with Crippen LogP contribution in [-0.2, 0) is 0 Å². The second kappa shape index (κ2) is 4.50. The molecular formula is C15H18N2. The molecule has 88 valence electrons. The number of nitrogens with two attached hydrogens (primary N) is 1. The molecule has 17 heavy (non-hydrogen) atoms. The normalized spacial score (nSPS) is 10.3. The van der Waals surface area contributed by atoms with Crippen molar-refractivity contribution in [1.29, 1.82) is 0 Å². The fraction of sp³-hybridized carbons (Fsp3) is 0.200. The third-order valence-electron chi connectivity index (χ3n) is 2.89. The fourth-order valence-corrected chi connectivity index (χ4v) is 2.08. The molecule has 0 aliphatic heterocycles. The molecule has 0 aliphatic carbocycles. The smallest absolute Gasteiger partial charge is 0.0641 e. The van der Waals surface area contributed by atoms with E-state index in [0.29, 0.717) is 0 Å². The van der Waals surface area contributed by atoms with Crippen LogP contribution in [0.3, 0.4) is 0 Å². The van der Waals surface area contributed by atoms with Gasteiger partial charge in [-0.2, -0.15) is 0 Å². The number of anilines is 3. The van der Waals surface area contributed by atoms with Crippen LogP contribution in [0.5, 0.6) is 0 Å². The Labute approximate surface area is 103 Å². The highest BCUT2D eigenvalue weighted by Gasteiger charge is 2.07. The van der Waals surface area contributed by atoms with Crippen LogP contribution in [0.15, 0.2) is 42.5 Å². The van der Waals surface area contributed by atoms with Gasteiger partial charge >= 0.3 is 0 Å². The molecule has 0 aromatic heterocycles. The number of nitrogen functional groups attached to an aromatic ring is 1. The highest BCUT2D eigenvalue weighted by molar-refractivity contribution is 5.74. The molecule has 2 heteroatoms. The summed E-state index contributed by atoms with van der Waals surface area (Å²) in [5.41, 5.74) is 11.5. The van der Waals surface area contributed by atoms with E-state index < -0.39 is 0 Å². The van der Waals surface area contributed by atoms with Crippen LogP contribution in [0.1, 0.15) is 11.1 Å². The van der Waals surface area contributed by atoms with Crippen LogP contribution in [0.25, 0.3) is 0 Å². The summed E-state index contributed by atoms with van der Waals surface area (Å²) in [4.78, 5) is 2.12. The van der Waals surface area contributed by atoms with Crippen LogP contribution in [0.2, 0.25) is 0 Å². The molecule has 2 nitrogen and oxygen atoms in total. The van der Waals surface area contributed by atoms with Crippen LogP contribution >= 0.6 is 0 Å². The zero-order chi connectivity index (χ0) is 12.4. The van der Waals surface area contributed by atoms with Gasteiger partial charge in [-0.25, -0.2) is 0 Å². The summed E-state index contributed by atoms with van der Waals surface area (Å²) in [5.74, 6) is 0. The van der Waals surface area contributed by atoms with Gasteiger partial charge in [-0.15, -0.1) is 0 Å². The molecular weight excluding hydrogens is 208 g/mol. The Morgan fingerprint density at radius 1 is 0.941 bits per heavy atom. The van der Waals surface area contributed by atoms with Gasteiger partial charge in [-0.3, -0.25) is 0 Å². The number of rotatable bonds is 2. The molecule has 0 spiro atoms. The first-order valence-electron chi connectivity index (χ1n) is 5.74. The van der Waals surface area contributed by atoms with Gasteiger partial charge in [0.15, 0.2) is 0 Å². The van der Waals surface area contributed by atoms with Crippen LogP contribution < -0.4 is 10.6 Å². The van der Waals surface area contributed by atoms with Gasteiger partial charge < -0.3 is 10.6 Å². The predicted molar refractivity (Wildman–Crippen MR) is 74.8 cm³/mol. The first kappa shape index (κ1) is 11.5. The zero-order valence-corrected chi connectivity index (χ0v) is 10.6. The number of para-hydroxylation sites is 2. The third-order valence-corrected chi connectivity index (χ3v) is 2.89. The van der Waals surface area contributed by atoms with Crippen molar-refractivity contribution in [2.45, 2.75) is 13.8 Å². The summed E-state index contributed by atoms with van der Waals surface area (Å²) in [6.45, 7) is 4.22. The van der Waals surface area contributed by atoms with E-state index in [0.717, 1.165) is 11.4 Å². The standard InChI is InChI=1S/C15H18N2/c1-11-8-12(2)10-13(9-11)17(3)15-7-5-4-6-14(15)16/h4-10H,16H2,1-3H3. The lowest BCUT2D eigenvalue weighted by molar-refractivity contribution is 1.19. The van der Waals surface area contributed by atoms with Gasteiger partial charge in [0.05, 0.1) is 11.4 Å². The first-order valence-corrected chi connectivity index (χ1v) is 5.74. The van der Waals surface area contributed by atoms with Crippen molar-refractivity contribution < 1.29 is 0 Å². The van der Waals surface area contributed by atoms with Crippen LogP contribution in [0, 0.1) is 13.8 Å². The summed E-state index contributed by atoms with van der Waals surface area (Å²) in [6, 6.07) is 14.4. The Kier molecular flexibility index (Phi) is 3.05. The fourth-order valence-electron chi connectivity index (χ4n) is 2.08. The Bertz CT molecular complexity index is 512. The summed E-state index contributed by atoms with van der Waals surface area (Å²) < 4.78 is 0. The van der Waals surface area contributed by atoms with Gasteiger partial charge in [0, 0.05) is 12.7 Å². The highest BCUT2D eigenvalue weighted by Crippen LogP contribution is 2.29. The van der Waals surface area contributed by atoms with Gasteiger partial charge in [-0.05, 0) is 49.2 Å². The van der Waals surface area contributed by atoms with E-state index in [2.05, 4.69) is 36.9 Å². The predicted octanol–water partition coefficient (Wildman–Crippen LogP) is 3.65. The summed E-state index contributed by atoms with van der Waals surface area (Å²) >= 11 is 0. The Balaban J connectivity index is 2.43. The molecule has 0 bridgehead atoms. The monoisotopic (exact) mass is 226 g/mol. The highest BCUT2D eigenvalue weighted by atomic mass is 15.1. The minimum absolute atomic E-state index is 0.800. The van der Waals surface area contributed by atoms with Gasteiger partial charge in [0.25, 0.3) is 0 Å². The van der Waals surface area contributed by atoms with E-state index in [4.69, 9.17) is 5.73 Å². The minimum Gasteiger partial charge on any atom is -0.397 e. The topological polar surface area (TPSA) is 29.3 Å². The molecule has 0 radical (unpaired) electrons. The van der Waals surface area contributed by atoms with E-state index in [9.17, 15) is 0 Å². The van der Waals surface area contributed by atoms with Crippen LogP contribution in [0.4, 0.5) is 17.1 Å². The maximum atomic E-state index is 5.99. The molecule has 0 saturated heterocycles. The first-order chi connectivity index (χ1) is 8.08. The lowest BCUT2D eigenvalue weighted by atomic mass is 10.1. The Morgan fingerprint density at radius 2 is 1.53 bits per heavy atom. The van der Waals surface area contributed by atoms with Gasteiger partial charge in [-0.1, -0.05) is 18.2 Å². The van der Waals surface area contributed by atoms with E-state index in [1.165, 1.54) is 16.8 Å². The second-order valence-corrected chi connectivity index (χ2v) is 4.46. The van der Waals surface area contributed by atoms with Crippen molar-refractivity contribution in [2.24, 2.45) is 0 Å². The molecule has 0 atom stereocenters. The number of aryl methyl sites for hydroxylation is 2. The Hall–Kier alpha value is -1.96. The summed E-state index contributed by atoms with van der Waals surface area (Å²) in [6.07, 6.45) is 0. The van der Waals surface area contributed by atoms with E-state index in [1.807, 2.05) is 31.3 Å². The van der Waals surface area contributed by atoms with Gasteiger partial charge in [0.1, 0.15) is 0 Å². The third kappa shape index (κ3) is 2.41. The molecule has 2 aromatic carbocycles. The van der Waals surface area contributed by atoms with Crippen molar-refractivity contribution in [3.63, 3.8) is 0 Å². The van der Waals surface area contributed by atoms with Crippen molar-refractivity contribution in [1.82, 2.24) is 0 Å².